The van der Waals surface area contributed by atoms with Gasteiger partial charge in [0.05, 0.1) is 11.2 Å². The quantitative estimate of drug-likeness (QED) is 0.778. The van der Waals surface area contributed by atoms with Crippen molar-refractivity contribution in [2.75, 3.05) is 0 Å². The van der Waals surface area contributed by atoms with Crippen LogP contribution in [0.4, 0.5) is 0 Å². The zero-order chi connectivity index (χ0) is 11.7. The Morgan fingerprint density at radius 1 is 1.31 bits per heavy atom. The molecule has 1 aromatic carbocycles. The molecule has 16 heavy (non-hydrogen) atoms. The van der Waals surface area contributed by atoms with Crippen LogP contribution in [-0.2, 0) is 0 Å². The van der Waals surface area contributed by atoms with E-state index in [9.17, 15) is 4.79 Å². The van der Waals surface area contributed by atoms with Crippen LogP contribution >= 0.6 is 34.8 Å². The summed E-state index contributed by atoms with van der Waals surface area (Å²) in [6.45, 7) is 0. The molecule has 2 rings (SSSR count). The number of carbonyl (C=O) groups is 1. The van der Waals surface area contributed by atoms with Gasteiger partial charge in [-0.2, -0.15) is 0 Å². The molecule has 82 valence electrons. The molecule has 1 aromatic heterocycles. The van der Waals surface area contributed by atoms with Crippen LogP contribution in [0.3, 0.4) is 0 Å². The molecular weight excluding hydrogens is 272 g/mol. The molecule has 0 spiro atoms. The third kappa shape index (κ3) is 2.07. The van der Waals surface area contributed by atoms with Gasteiger partial charge in [-0.15, -0.1) is 0 Å². The summed E-state index contributed by atoms with van der Waals surface area (Å²) in [7, 11) is 0. The first-order chi connectivity index (χ1) is 7.59. The summed E-state index contributed by atoms with van der Waals surface area (Å²) in [5.74, 6) is 0.238. The van der Waals surface area contributed by atoms with E-state index in [-0.39, 0.29) is 11.3 Å². The van der Waals surface area contributed by atoms with E-state index in [0.717, 1.165) is 0 Å². The standard InChI is InChI=1S/C10H4Cl3NO2/c11-5-1-2-6(8(12)3-5)9-7(10(13)15)4-14-16-9/h1-4H. The predicted octanol–water partition coefficient (Wildman–Crippen LogP) is 4.03. The minimum Gasteiger partial charge on any atom is -0.355 e. The van der Waals surface area contributed by atoms with Crippen molar-refractivity contribution in [3.63, 3.8) is 0 Å². The molecule has 0 fully saturated rings. The molecule has 0 aliphatic carbocycles. The lowest BCUT2D eigenvalue weighted by atomic mass is 10.1. The molecular formula is C10H4Cl3NO2. The van der Waals surface area contributed by atoms with E-state index in [4.69, 9.17) is 39.3 Å². The maximum Gasteiger partial charge on any atom is 0.257 e. The number of nitrogens with zero attached hydrogens (tertiary/aromatic N) is 1. The van der Waals surface area contributed by atoms with Gasteiger partial charge in [-0.3, -0.25) is 4.79 Å². The summed E-state index contributed by atoms with van der Waals surface area (Å²) >= 11 is 17.1. The first kappa shape index (κ1) is 11.5. The van der Waals surface area contributed by atoms with Crippen molar-refractivity contribution in [1.29, 1.82) is 0 Å². The largest absolute Gasteiger partial charge is 0.355 e. The fraction of sp³-hybridized carbons (Fsp3) is 0. The Labute approximate surface area is 106 Å². The van der Waals surface area contributed by atoms with Crippen molar-refractivity contribution in [3.05, 3.63) is 40.0 Å². The van der Waals surface area contributed by atoms with E-state index in [2.05, 4.69) is 5.16 Å². The molecule has 0 amide bonds. The normalized spacial score (nSPS) is 10.4. The molecule has 0 bridgehead atoms. The first-order valence-electron chi connectivity index (χ1n) is 4.19. The Bertz CT molecular complexity index is 551. The zero-order valence-electron chi connectivity index (χ0n) is 7.71. The van der Waals surface area contributed by atoms with Gasteiger partial charge in [0.2, 0.25) is 0 Å². The van der Waals surface area contributed by atoms with Gasteiger partial charge in [-0.25, -0.2) is 0 Å². The average molecular weight is 277 g/mol. The third-order valence-corrected chi connectivity index (χ3v) is 2.71. The fourth-order valence-corrected chi connectivity index (χ4v) is 1.88. The van der Waals surface area contributed by atoms with E-state index >= 15 is 0 Å². The van der Waals surface area contributed by atoms with Gasteiger partial charge in [0.25, 0.3) is 5.24 Å². The summed E-state index contributed by atoms with van der Waals surface area (Å²) in [4.78, 5) is 11.1. The number of aromatic nitrogens is 1. The van der Waals surface area contributed by atoms with Gasteiger partial charge in [0.15, 0.2) is 5.76 Å². The monoisotopic (exact) mass is 275 g/mol. The minimum atomic E-state index is -0.651. The van der Waals surface area contributed by atoms with E-state index in [0.29, 0.717) is 15.6 Å². The first-order valence-corrected chi connectivity index (χ1v) is 5.33. The van der Waals surface area contributed by atoms with Gasteiger partial charge < -0.3 is 4.52 Å². The summed E-state index contributed by atoms with van der Waals surface area (Å²) in [6.07, 6.45) is 1.25. The Morgan fingerprint density at radius 2 is 2.06 bits per heavy atom. The van der Waals surface area contributed by atoms with E-state index in [1.807, 2.05) is 0 Å². The molecule has 1 heterocycles. The van der Waals surface area contributed by atoms with Gasteiger partial charge in [0.1, 0.15) is 5.56 Å². The number of rotatable bonds is 2. The average Bonchev–Trinajstić information content (AvgIpc) is 2.66. The van der Waals surface area contributed by atoms with E-state index in [1.165, 1.54) is 6.20 Å². The van der Waals surface area contributed by atoms with E-state index in [1.54, 1.807) is 18.2 Å². The highest BCUT2D eigenvalue weighted by atomic mass is 35.5. The van der Waals surface area contributed by atoms with Crippen molar-refractivity contribution in [2.45, 2.75) is 0 Å². The molecule has 6 heteroatoms. The van der Waals surface area contributed by atoms with Gasteiger partial charge in [0, 0.05) is 10.6 Å². The van der Waals surface area contributed by atoms with E-state index < -0.39 is 5.24 Å². The molecule has 0 saturated heterocycles. The van der Waals surface area contributed by atoms with Crippen LogP contribution in [0.25, 0.3) is 11.3 Å². The smallest absolute Gasteiger partial charge is 0.257 e. The highest BCUT2D eigenvalue weighted by Gasteiger charge is 2.18. The van der Waals surface area contributed by atoms with Crippen LogP contribution in [-0.4, -0.2) is 10.4 Å². The second-order valence-electron chi connectivity index (χ2n) is 2.97. The van der Waals surface area contributed by atoms with Gasteiger partial charge in [-0.05, 0) is 29.8 Å². The van der Waals surface area contributed by atoms with Crippen LogP contribution in [0.2, 0.25) is 10.0 Å². The maximum absolute atomic E-state index is 11.1. The van der Waals surface area contributed by atoms with Gasteiger partial charge in [-0.1, -0.05) is 28.4 Å². The number of carbonyl (C=O) groups excluding carboxylic acids is 1. The fourth-order valence-electron chi connectivity index (χ4n) is 1.25. The van der Waals surface area contributed by atoms with Crippen LogP contribution in [0.5, 0.6) is 0 Å². The Balaban J connectivity index is 2.59. The van der Waals surface area contributed by atoms with Crippen LogP contribution < -0.4 is 0 Å². The third-order valence-electron chi connectivity index (χ3n) is 1.96. The highest BCUT2D eigenvalue weighted by molar-refractivity contribution is 6.68. The predicted molar refractivity (Wildman–Crippen MR) is 62.1 cm³/mol. The Morgan fingerprint density at radius 3 is 2.69 bits per heavy atom. The molecule has 0 aliphatic rings. The number of benzene rings is 1. The molecule has 3 nitrogen and oxygen atoms in total. The molecule has 0 aliphatic heterocycles. The molecule has 0 unspecified atom stereocenters. The zero-order valence-corrected chi connectivity index (χ0v) is 9.97. The second-order valence-corrected chi connectivity index (χ2v) is 4.15. The van der Waals surface area contributed by atoms with Crippen molar-refractivity contribution < 1.29 is 9.32 Å². The maximum atomic E-state index is 11.1. The van der Waals surface area contributed by atoms with Crippen molar-refractivity contribution in [3.8, 4) is 11.3 Å². The molecule has 0 saturated carbocycles. The van der Waals surface area contributed by atoms with Crippen LogP contribution in [0, 0.1) is 0 Å². The molecule has 2 aromatic rings. The Hall–Kier alpha value is -1.03. The summed E-state index contributed by atoms with van der Waals surface area (Å²) in [5.41, 5.74) is 0.693. The lowest BCUT2D eigenvalue weighted by Gasteiger charge is -2.01. The molecule has 0 radical (unpaired) electrons. The van der Waals surface area contributed by atoms with Crippen molar-refractivity contribution in [2.24, 2.45) is 0 Å². The number of hydrogen-bond donors (Lipinski definition) is 0. The van der Waals surface area contributed by atoms with Crippen molar-refractivity contribution in [1.82, 2.24) is 5.16 Å². The number of halogens is 3. The minimum absolute atomic E-state index is 0.172. The topological polar surface area (TPSA) is 43.1 Å². The highest BCUT2D eigenvalue weighted by Crippen LogP contribution is 2.32. The lowest BCUT2D eigenvalue weighted by molar-refractivity contribution is 0.108. The SMILES string of the molecule is O=C(Cl)c1cnoc1-c1ccc(Cl)cc1Cl. The summed E-state index contributed by atoms with van der Waals surface area (Å²) < 4.78 is 4.95. The summed E-state index contributed by atoms with van der Waals surface area (Å²) in [6, 6.07) is 4.81. The molecule has 0 N–H and O–H groups in total. The number of hydrogen-bond acceptors (Lipinski definition) is 3. The Kier molecular flexibility index (Phi) is 3.19. The molecule has 0 atom stereocenters. The summed E-state index contributed by atoms with van der Waals surface area (Å²) in [5, 5.41) is 3.72. The second kappa shape index (κ2) is 4.45. The lowest BCUT2D eigenvalue weighted by Crippen LogP contribution is -1.89. The van der Waals surface area contributed by atoms with Crippen LogP contribution in [0.15, 0.2) is 28.9 Å². The van der Waals surface area contributed by atoms with Crippen molar-refractivity contribution >= 4 is 40.0 Å². The van der Waals surface area contributed by atoms with Gasteiger partial charge >= 0.3 is 0 Å². The van der Waals surface area contributed by atoms with Crippen LogP contribution in [0.1, 0.15) is 10.4 Å².